The molecular formula is C20H30N4O. The summed E-state index contributed by atoms with van der Waals surface area (Å²) < 4.78 is 1.94. The van der Waals surface area contributed by atoms with Crippen molar-refractivity contribution >= 4 is 0 Å². The first-order chi connectivity index (χ1) is 12.2. The molecule has 0 amide bonds. The van der Waals surface area contributed by atoms with Crippen molar-refractivity contribution in [3.63, 3.8) is 0 Å². The summed E-state index contributed by atoms with van der Waals surface area (Å²) in [6.07, 6.45) is 4.64. The monoisotopic (exact) mass is 342 g/mol. The summed E-state index contributed by atoms with van der Waals surface area (Å²) in [5, 5.41) is 17.5. The highest BCUT2D eigenvalue weighted by Gasteiger charge is 2.22. The summed E-state index contributed by atoms with van der Waals surface area (Å²) in [5.41, 5.74) is 1.44. The first-order valence-electron chi connectivity index (χ1n) is 9.42. The Morgan fingerprint density at radius 2 is 1.80 bits per heavy atom. The van der Waals surface area contributed by atoms with Gasteiger partial charge in [0, 0.05) is 13.5 Å². The largest absolute Gasteiger partial charge is 0.388 e. The SMILES string of the molecule is CC(CCN1CCC(Cc2nnc(CO)n2C)CC1)c1ccccc1. The predicted octanol–water partition coefficient (Wildman–Crippen LogP) is 2.76. The minimum atomic E-state index is -0.0401. The number of aliphatic hydroxyl groups excluding tert-OH is 1. The molecule has 2 aromatic rings. The van der Waals surface area contributed by atoms with E-state index in [1.165, 1.54) is 44.5 Å². The quantitative estimate of drug-likeness (QED) is 0.841. The third kappa shape index (κ3) is 4.67. The van der Waals surface area contributed by atoms with Crippen molar-refractivity contribution in [3.05, 3.63) is 47.5 Å². The molecule has 1 atom stereocenters. The van der Waals surface area contributed by atoms with Crippen molar-refractivity contribution in [2.24, 2.45) is 13.0 Å². The molecule has 136 valence electrons. The summed E-state index contributed by atoms with van der Waals surface area (Å²) in [4.78, 5) is 2.60. The molecule has 0 saturated carbocycles. The number of likely N-dealkylation sites (tertiary alicyclic amines) is 1. The molecule has 1 aromatic heterocycles. The maximum absolute atomic E-state index is 9.23. The standard InChI is InChI=1S/C20H30N4O/c1-16(18-6-4-3-5-7-18)8-11-24-12-9-17(10-13-24)14-19-21-22-20(15-25)23(19)2/h3-7,16-17,25H,8-15H2,1-2H3. The van der Waals surface area contributed by atoms with E-state index in [4.69, 9.17) is 0 Å². The summed E-state index contributed by atoms with van der Waals surface area (Å²) in [6.45, 7) is 5.83. The van der Waals surface area contributed by atoms with Crippen LogP contribution in [0.3, 0.4) is 0 Å². The molecule has 25 heavy (non-hydrogen) atoms. The van der Waals surface area contributed by atoms with E-state index in [0.29, 0.717) is 17.7 Å². The second-order valence-corrected chi connectivity index (χ2v) is 7.34. The second-order valence-electron chi connectivity index (χ2n) is 7.34. The van der Waals surface area contributed by atoms with Crippen LogP contribution in [0.2, 0.25) is 0 Å². The summed E-state index contributed by atoms with van der Waals surface area (Å²) in [7, 11) is 1.95. The summed E-state index contributed by atoms with van der Waals surface area (Å²) >= 11 is 0. The fourth-order valence-corrected chi connectivity index (χ4v) is 3.71. The highest BCUT2D eigenvalue weighted by Crippen LogP contribution is 2.23. The van der Waals surface area contributed by atoms with E-state index in [2.05, 4.69) is 52.4 Å². The van der Waals surface area contributed by atoms with Crippen LogP contribution in [-0.4, -0.2) is 44.4 Å². The van der Waals surface area contributed by atoms with Crippen LogP contribution in [0.15, 0.2) is 30.3 Å². The lowest BCUT2D eigenvalue weighted by Crippen LogP contribution is -2.35. The predicted molar refractivity (Wildman–Crippen MR) is 99.3 cm³/mol. The van der Waals surface area contributed by atoms with E-state index >= 15 is 0 Å². The van der Waals surface area contributed by atoms with Crippen molar-refractivity contribution in [3.8, 4) is 0 Å². The van der Waals surface area contributed by atoms with E-state index < -0.39 is 0 Å². The Kier molecular flexibility index (Phi) is 6.21. The molecule has 0 radical (unpaired) electrons. The van der Waals surface area contributed by atoms with Crippen molar-refractivity contribution in [1.29, 1.82) is 0 Å². The Balaban J connectivity index is 1.42. The van der Waals surface area contributed by atoms with E-state index in [1.807, 2.05) is 11.6 Å². The van der Waals surface area contributed by atoms with Crippen LogP contribution in [-0.2, 0) is 20.1 Å². The fourth-order valence-electron chi connectivity index (χ4n) is 3.71. The van der Waals surface area contributed by atoms with Crippen LogP contribution in [0.1, 0.15) is 49.3 Å². The molecule has 5 heteroatoms. The normalized spacial score (nSPS) is 17.7. The van der Waals surface area contributed by atoms with Crippen molar-refractivity contribution in [2.75, 3.05) is 19.6 Å². The third-order valence-corrected chi connectivity index (χ3v) is 5.62. The first-order valence-corrected chi connectivity index (χ1v) is 9.42. The van der Waals surface area contributed by atoms with Crippen LogP contribution < -0.4 is 0 Å². The number of nitrogens with zero attached hydrogens (tertiary/aromatic N) is 4. The number of piperidine rings is 1. The molecule has 1 aliphatic heterocycles. The van der Waals surface area contributed by atoms with Gasteiger partial charge in [-0.2, -0.15) is 0 Å². The molecule has 1 aromatic carbocycles. The molecule has 0 bridgehead atoms. The van der Waals surface area contributed by atoms with Gasteiger partial charge >= 0.3 is 0 Å². The van der Waals surface area contributed by atoms with Crippen LogP contribution in [0, 0.1) is 5.92 Å². The molecule has 0 aliphatic carbocycles. The lowest BCUT2D eigenvalue weighted by Gasteiger charge is -2.32. The van der Waals surface area contributed by atoms with E-state index in [1.54, 1.807) is 0 Å². The first kappa shape index (κ1) is 18.1. The van der Waals surface area contributed by atoms with Gasteiger partial charge < -0.3 is 14.6 Å². The lowest BCUT2D eigenvalue weighted by atomic mass is 9.92. The van der Waals surface area contributed by atoms with Crippen LogP contribution in [0.4, 0.5) is 0 Å². The van der Waals surface area contributed by atoms with Gasteiger partial charge in [0.2, 0.25) is 0 Å². The topological polar surface area (TPSA) is 54.2 Å². The van der Waals surface area contributed by atoms with Gasteiger partial charge in [-0.3, -0.25) is 0 Å². The zero-order valence-electron chi connectivity index (χ0n) is 15.4. The molecule has 2 heterocycles. The van der Waals surface area contributed by atoms with Gasteiger partial charge in [-0.15, -0.1) is 10.2 Å². The van der Waals surface area contributed by atoms with Gasteiger partial charge in [0.15, 0.2) is 5.82 Å². The van der Waals surface area contributed by atoms with Crippen LogP contribution in [0.5, 0.6) is 0 Å². The van der Waals surface area contributed by atoms with Gasteiger partial charge in [-0.1, -0.05) is 37.3 Å². The number of aromatic nitrogens is 3. The maximum Gasteiger partial charge on any atom is 0.158 e. The fraction of sp³-hybridized carbons (Fsp3) is 0.600. The number of hydrogen-bond acceptors (Lipinski definition) is 4. The number of benzene rings is 1. The Bertz CT molecular complexity index is 647. The Hall–Kier alpha value is -1.72. The Morgan fingerprint density at radius 1 is 1.12 bits per heavy atom. The Morgan fingerprint density at radius 3 is 2.44 bits per heavy atom. The molecular weight excluding hydrogens is 312 g/mol. The van der Waals surface area contributed by atoms with E-state index in [0.717, 1.165) is 12.2 Å². The molecule has 1 saturated heterocycles. The molecule has 1 aliphatic rings. The zero-order chi connectivity index (χ0) is 17.6. The molecule has 1 fully saturated rings. The maximum atomic E-state index is 9.23. The molecule has 0 spiro atoms. The number of hydrogen-bond donors (Lipinski definition) is 1. The highest BCUT2D eigenvalue weighted by molar-refractivity contribution is 5.18. The van der Waals surface area contributed by atoms with Crippen LogP contribution >= 0.6 is 0 Å². The highest BCUT2D eigenvalue weighted by atomic mass is 16.3. The number of aliphatic hydroxyl groups is 1. The average molecular weight is 342 g/mol. The number of rotatable bonds is 7. The summed E-state index contributed by atoms with van der Waals surface area (Å²) in [5.74, 6) is 2.95. The van der Waals surface area contributed by atoms with Gasteiger partial charge in [0.1, 0.15) is 12.4 Å². The smallest absolute Gasteiger partial charge is 0.158 e. The van der Waals surface area contributed by atoms with Gasteiger partial charge in [-0.25, -0.2) is 0 Å². The lowest BCUT2D eigenvalue weighted by molar-refractivity contribution is 0.178. The van der Waals surface area contributed by atoms with Gasteiger partial charge in [0.25, 0.3) is 0 Å². The van der Waals surface area contributed by atoms with Crippen molar-refractivity contribution in [2.45, 2.75) is 45.1 Å². The van der Waals surface area contributed by atoms with Crippen LogP contribution in [0.25, 0.3) is 0 Å². The molecule has 5 nitrogen and oxygen atoms in total. The zero-order valence-corrected chi connectivity index (χ0v) is 15.4. The molecule has 1 unspecified atom stereocenters. The summed E-state index contributed by atoms with van der Waals surface area (Å²) in [6, 6.07) is 10.8. The van der Waals surface area contributed by atoms with Crippen molar-refractivity contribution in [1.82, 2.24) is 19.7 Å². The minimum Gasteiger partial charge on any atom is -0.388 e. The molecule has 3 rings (SSSR count). The van der Waals surface area contributed by atoms with Crippen molar-refractivity contribution < 1.29 is 5.11 Å². The minimum absolute atomic E-state index is 0.0401. The van der Waals surface area contributed by atoms with E-state index in [-0.39, 0.29) is 6.61 Å². The van der Waals surface area contributed by atoms with Gasteiger partial charge in [-0.05, 0) is 56.3 Å². The third-order valence-electron chi connectivity index (χ3n) is 5.62. The van der Waals surface area contributed by atoms with E-state index in [9.17, 15) is 5.11 Å². The second kappa shape index (κ2) is 8.59. The average Bonchev–Trinajstić information content (AvgIpc) is 3.01. The molecule has 1 N–H and O–H groups in total. The Labute approximate surface area is 150 Å². The van der Waals surface area contributed by atoms with Gasteiger partial charge in [0.05, 0.1) is 0 Å².